The first-order valence-electron chi connectivity index (χ1n) is 1.95. The van der Waals surface area contributed by atoms with Crippen molar-refractivity contribution in [3.05, 3.63) is 0 Å². The summed E-state index contributed by atoms with van der Waals surface area (Å²) in [5, 5.41) is 1.05. The van der Waals surface area contributed by atoms with Crippen LogP contribution in [0.25, 0.3) is 0 Å². The lowest BCUT2D eigenvalue weighted by Gasteiger charge is -1.92. The molecule has 0 aromatic heterocycles. The summed E-state index contributed by atoms with van der Waals surface area (Å²) in [6, 6.07) is 0. The van der Waals surface area contributed by atoms with Crippen LogP contribution in [-0.4, -0.2) is 11.9 Å². The number of halogens is 2. The second-order valence-electron chi connectivity index (χ2n) is 0.968. The van der Waals surface area contributed by atoms with E-state index in [2.05, 4.69) is 38.0 Å². The van der Waals surface area contributed by atoms with Crippen LogP contribution >= 0.6 is 44.4 Å². The molecule has 0 aliphatic rings. The lowest BCUT2D eigenvalue weighted by Crippen LogP contribution is -1.82. The van der Waals surface area contributed by atoms with Crippen molar-refractivity contribution in [2.75, 3.05) is 11.9 Å². The molecule has 4 heteroatoms. The number of hydrogen-bond acceptors (Lipinski definition) is 1. The molecule has 1 nitrogen and oxygen atoms in total. The smallest absolute Gasteiger partial charge is 0.0793 e. The van der Waals surface area contributed by atoms with Crippen molar-refractivity contribution in [2.24, 2.45) is 0 Å². The largest absolute Gasteiger partial charge is 0.352 e. The zero-order valence-corrected chi connectivity index (χ0v) is 8.53. The highest BCUT2D eigenvalue weighted by Gasteiger charge is 1.80. The number of rotatable bonds is 4. The van der Waals surface area contributed by atoms with E-state index in [-0.39, 0.29) is 0 Å². The van der Waals surface area contributed by atoms with Gasteiger partial charge in [-0.3, -0.25) is 0 Å². The maximum atomic E-state index is 5.06. The summed E-state index contributed by atoms with van der Waals surface area (Å²) in [4.78, 5) is 0. The van der Waals surface area contributed by atoms with Crippen molar-refractivity contribution in [1.82, 2.24) is 0 Å². The Kier molecular flexibility index (Phi) is 9.34. The molecule has 0 aromatic rings. The van der Waals surface area contributed by atoms with E-state index in [0.29, 0.717) is 6.45 Å². The summed E-state index contributed by atoms with van der Waals surface area (Å²) >= 11 is 5.52. The van der Waals surface area contributed by atoms with E-state index in [4.69, 9.17) is 4.52 Å². The van der Waals surface area contributed by atoms with Gasteiger partial charge in [-0.15, -0.1) is 0 Å². The summed E-state index contributed by atoms with van der Waals surface area (Å²) < 4.78 is 5.06. The minimum Gasteiger partial charge on any atom is -0.352 e. The van der Waals surface area contributed by atoms with Crippen molar-refractivity contribution < 1.29 is 4.52 Å². The predicted molar refractivity (Wildman–Crippen MR) is 46.7 cm³/mol. The summed E-state index contributed by atoms with van der Waals surface area (Å²) in [7, 11) is 0. The van der Waals surface area contributed by atoms with Gasteiger partial charge in [0.05, 0.1) is 13.1 Å². The van der Waals surface area contributed by atoms with E-state index < -0.39 is 0 Å². The minimum absolute atomic E-state index is 0.617. The molecule has 44 valence electrons. The average molecular weight is 297 g/mol. The Morgan fingerprint density at radius 2 is 2.43 bits per heavy atom. The molecule has 0 fully saturated rings. The van der Waals surface area contributed by atoms with Crippen LogP contribution in [0.15, 0.2) is 0 Å². The molecule has 0 N–H and O–H groups in total. The first-order valence-corrected chi connectivity index (χ1v) is 7.09. The Hall–Kier alpha value is 1.60. The second-order valence-corrected chi connectivity index (χ2v) is 3.53. The molecule has 0 amide bonds. The highest BCUT2D eigenvalue weighted by molar-refractivity contribution is 14.2. The Morgan fingerprint density at radius 1 is 1.71 bits per heavy atom. The van der Waals surface area contributed by atoms with E-state index in [9.17, 15) is 0 Å². The average Bonchev–Trinajstić information content (AvgIpc) is 1.69. The lowest BCUT2D eigenvalue weighted by atomic mass is 10.5. The van der Waals surface area contributed by atoms with Gasteiger partial charge in [-0.25, -0.2) is 0 Å². The van der Waals surface area contributed by atoms with Crippen LogP contribution in [0.1, 0.15) is 6.42 Å². The highest BCUT2D eigenvalue weighted by Crippen LogP contribution is 2.21. The molecule has 1 atom stereocenters. The Bertz CT molecular complexity index is 34.1. The van der Waals surface area contributed by atoms with Crippen molar-refractivity contribution >= 4 is 44.4 Å². The monoisotopic (exact) mass is 296 g/mol. The molecule has 0 spiro atoms. The van der Waals surface area contributed by atoms with Crippen LogP contribution in [0.4, 0.5) is 0 Å². The molecule has 0 saturated heterocycles. The molecule has 0 aliphatic heterocycles. The van der Waals surface area contributed by atoms with E-state index in [0.717, 1.165) is 18.4 Å². The van der Waals surface area contributed by atoms with Crippen LogP contribution in [0.2, 0.25) is 0 Å². The summed E-state index contributed by atoms with van der Waals surface area (Å²) in [6.45, 7) is 1.51. The zero-order valence-electron chi connectivity index (χ0n) is 3.79. The SMILES string of the molecule is BrCCCOPI. The third kappa shape index (κ3) is 7.60. The van der Waals surface area contributed by atoms with Crippen molar-refractivity contribution in [1.29, 1.82) is 0 Å². The molecule has 0 rings (SSSR count). The topological polar surface area (TPSA) is 9.23 Å². The zero-order chi connectivity index (χ0) is 5.54. The fourth-order valence-corrected chi connectivity index (χ4v) is 1.28. The fraction of sp³-hybridized carbons (Fsp3) is 1.00. The van der Waals surface area contributed by atoms with Crippen LogP contribution < -0.4 is 0 Å². The third-order valence-corrected chi connectivity index (χ3v) is 2.24. The van der Waals surface area contributed by atoms with Gasteiger partial charge in [-0.1, -0.05) is 15.9 Å². The van der Waals surface area contributed by atoms with Crippen LogP contribution in [-0.2, 0) is 4.52 Å². The lowest BCUT2D eigenvalue weighted by molar-refractivity contribution is 0.372. The third-order valence-electron chi connectivity index (χ3n) is 0.435. The molecule has 0 radical (unpaired) electrons. The normalized spacial score (nSPS) is 11.1. The molecule has 0 heterocycles. The quantitative estimate of drug-likeness (QED) is 0.335. The fourth-order valence-electron chi connectivity index (χ4n) is 0.165. The van der Waals surface area contributed by atoms with E-state index in [1.54, 1.807) is 0 Å². The van der Waals surface area contributed by atoms with Gasteiger partial charge in [0.25, 0.3) is 0 Å². The van der Waals surface area contributed by atoms with Gasteiger partial charge in [0.1, 0.15) is 0 Å². The second kappa shape index (κ2) is 7.60. The molecular weight excluding hydrogens is 290 g/mol. The number of hydrogen-bond donors (Lipinski definition) is 0. The Labute approximate surface area is 67.1 Å². The first kappa shape index (κ1) is 8.60. The van der Waals surface area contributed by atoms with Crippen molar-refractivity contribution in [3.8, 4) is 0 Å². The van der Waals surface area contributed by atoms with Crippen LogP contribution in [0, 0.1) is 0 Å². The predicted octanol–water partition coefficient (Wildman–Crippen LogP) is 2.73. The highest BCUT2D eigenvalue weighted by atomic mass is 127. The van der Waals surface area contributed by atoms with E-state index >= 15 is 0 Å². The first-order chi connectivity index (χ1) is 3.41. The van der Waals surface area contributed by atoms with Crippen LogP contribution in [0.5, 0.6) is 0 Å². The van der Waals surface area contributed by atoms with Crippen molar-refractivity contribution in [2.45, 2.75) is 6.42 Å². The maximum absolute atomic E-state index is 5.06. The Morgan fingerprint density at radius 3 is 2.86 bits per heavy atom. The van der Waals surface area contributed by atoms with E-state index in [1.807, 2.05) is 0 Å². The van der Waals surface area contributed by atoms with Crippen molar-refractivity contribution in [3.63, 3.8) is 0 Å². The maximum Gasteiger partial charge on any atom is 0.0793 e. The van der Waals surface area contributed by atoms with Gasteiger partial charge in [-0.05, 0) is 28.5 Å². The van der Waals surface area contributed by atoms with Gasteiger partial charge in [-0.2, -0.15) is 0 Å². The van der Waals surface area contributed by atoms with Gasteiger partial charge < -0.3 is 4.52 Å². The summed E-state index contributed by atoms with van der Waals surface area (Å²) in [5.74, 6) is 0. The van der Waals surface area contributed by atoms with Gasteiger partial charge in [0.2, 0.25) is 0 Å². The standard InChI is InChI=1S/C3H7BrIOP/c4-2-1-3-6-7-5/h7H,1-3H2. The van der Waals surface area contributed by atoms with Gasteiger partial charge >= 0.3 is 0 Å². The minimum atomic E-state index is 0.617. The number of alkyl halides is 1. The molecule has 1 unspecified atom stereocenters. The molecule has 0 saturated carbocycles. The summed E-state index contributed by atoms with van der Waals surface area (Å²) in [5.41, 5.74) is 0. The molecule has 0 bridgehead atoms. The van der Waals surface area contributed by atoms with Crippen LogP contribution in [0.3, 0.4) is 0 Å². The molecule has 0 aliphatic carbocycles. The van der Waals surface area contributed by atoms with Gasteiger partial charge in [0.15, 0.2) is 0 Å². The summed E-state index contributed by atoms with van der Waals surface area (Å²) in [6.07, 6.45) is 1.12. The Balaban J connectivity index is 2.45. The molecule has 7 heavy (non-hydrogen) atoms. The van der Waals surface area contributed by atoms with Gasteiger partial charge in [0, 0.05) is 5.33 Å². The molecule has 0 aromatic carbocycles. The molecular formula is C3H7BrIOP. The van der Waals surface area contributed by atoms with E-state index in [1.165, 1.54) is 0 Å².